The molecule has 0 unspecified atom stereocenters. The van der Waals surface area contributed by atoms with E-state index < -0.39 is 47.6 Å². The zero-order chi connectivity index (χ0) is 31.7. The molecular formula is C34H42BrN3O7. The fraction of sp³-hybridized carbons (Fsp3) is 0.588. The summed E-state index contributed by atoms with van der Waals surface area (Å²) in [4.78, 5) is 59.7. The number of carbonyl (C=O) groups excluding carboxylic acids is 4. The zero-order valence-electron chi connectivity index (χ0n) is 25.6. The highest BCUT2D eigenvalue weighted by molar-refractivity contribution is 9.11. The Bertz CT molecular complexity index is 1360. The summed E-state index contributed by atoms with van der Waals surface area (Å²) in [6, 6.07) is 6.93. The second-order valence-corrected chi connectivity index (χ2v) is 13.7. The van der Waals surface area contributed by atoms with Gasteiger partial charge in [-0.05, 0) is 37.3 Å². The van der Waals surface area contributed by atoms with E-state index >= 15 is 0 Å². The summed E-state index contributed by atoms with van der Waals surface area (Å²) in [6.07, 6.45) is 10.8. The van der Waals surface area contributed by atoms with Gasteiger partial charge in [0.2, 0.25) is 17.7 Å². The summed E-state index contributed by atoms with van der Waals surface area (Å²) < 4.78 is 12.9. The number of halogens is 1. The van der Waals surface area contributed by atoms with Crippen molar-refractivity contribution in [1.82, 2.24) is 15.1 Å². The van der Waals surface area contributed by atoms with Crippen LogP contribution in [-0.2, 0) is 28.7 Å². The Balaban J connectivity index is 1.44. The molecule has 2 saturated heterocycles. The number of benzene rings is 1. The molecule has 5 aliphatic rings. The highest BCUT2D eigenvalue weighted by Crippen LogP contribution is 2.59. The SMILES string of the molecule is CC[C@@H](CO)N1C(=O)[C@H]2[C@@H]3C(=O)N[C@H](c4ccccc4)COC(=O)CC/C=C\CN(C4CCCCC4)C(=O)[C@H]1[C@@]21C=C(Br)[C@@H]3O1. The third kappa shape index (κ3) is 5.76. The molecule has 1 saturated carbocycles. The molecule has 5 bridgehead atoms. The van der Waals surface area contributed by atoms with Crippen LogP contribution in [0.25, 0.3) is 0 Å². The van der Waals surface area contributed by atoms with Crippen molar-refractivity contribution in [2.24, 2.45) is 11.8 Å². The molecule has 0 aromatic heterocycles. The van der Waals surface area contributed by atoms with E-state index in [0.29, 0.717) is 23.9 Å². The van der Waals surface area contributed by atoms with Crippen LogP contribution in [0.2, 0.25) is 0 Å². The fourth-order valence-corrected chi connectivity index (χ4v) is 8.68. The van der Waals surface area contributed by atoms with Crippen molar-refractivity contribution >= 4 is 39.6 Å². The number of cyclic esters (lactones) is 1. The fourth-order valence-electron chi connectivity index (χ4n) is 7.94. The molecule has 45 heavy (non-hydrogen) atoms. The maximum atomic E-state index is 14.9. The molecule has 7 atom stereocenters. The second-order valence-electron chi connectivity index (χ2n) is 12.8. The van der Waals surface area contributed by atoms with Gasteiger partial charge in [-0.2, -0.15) is 0 Å². The largest absolute Gasteiger partial charge is 0.463 e. The number of hydrogen-bond acceptors (Lipinski definition) is 7. The molecule has 3 amide bonds. The Kier molecular flexibility index (Phi) is 9.49. The Labute approximate surface area is 272 Å². The average Bonchev–Trinajstić information content (AvgIpc) is 3.65. The normalized spacial score (nSPS) is 34.3. The number of aliphatic hydroxyl groups excluding tert-OH is 1. The number of likely N-dealkylation sites (tertiary alicyclic amines) is 1. The zero-order valence-corrected chi connectivity index (χ0v) is 27.2. The minimum Gasteiger partial charge on any atom is -0.463 e. The van der Waals surface area contributed by atoms with E-state index in [4.69, 9.17) is 9.47 Å². The minimum atomic E-state index is -1.37. The van der Waals surface area contributed by atoms with Crippen LogP contribution in [-0.4, -0.2) is 88.2 Å². The van der Waals surface area contributed by atoms with Crippen LogP contribution in [0.3, 0.4) is 0 Å². The van der Waals surface area contributed by atoms with Gasteiger partial charge in [0.25, 0.3) is 0 Å². The molecule has 3 fully saturated rings. The van der Waals surface area contributed by atoms with Crippen LogP contribution >= 0.6 is 15.9 Å². The first-order chi connectivity index (χ1) is 21.8. The molecule has 1 aromatic rings. The van der Waals surface area contributed by atoms with Crippen molar-refractivity contribution in [3.05, 3.63) is 58.6 Å². The topological polar surface area (TPSA) is 125 Å². The highest BCUT2D eigenvalue weighted by Gasteiger charge is 2.75. The van der Waals surface area contributed by atoms with Gasteiger partial charge in [0, 0.05) is 23.5 Å². The van der Waals surface area contributed by atoms with Crippen LogP contribution in [0.4, 0.5) is 0 Å². The van der Waals surface area contributed by atoms with E-state index in [0.717, 1.165) is 37.7 Å². The molecule has 1 aromatic carbocycles. The monoisotopic (exact) mass is 683 g/mol. The van der Waals surface area contributed by atoms with Gasteiger partial charge < -0.3 is 29.7 Å². The quantitative estimate of drug-likeness (QED) is 0.359. The lowest BCUT2D eigenvalue weighted by Gasteiger charge is -2.41. The maximum absolute atomic E-state index is 14.9. The molecule has 242 valence electrons. The van der Waals surface area contributed by atoms with Crippen molar-refractivity contribution in [2.75, 3.05) is 19.8 Å². The Morgan fingerprint density at radius 3 is 2.53 bits per heavy atom. The van der Waals surface area contributed by atoms with E-state index in [-0.39, 0.29) is 43.5 Å². The smallest absolute Gasteiger partial charge is 0.306 e. The van der Waals surface area contributed by atoms with Gasteiger partial charge in [0.05, 0.1) is 30.5 Å². The first-order valence-corrected chi connectivity index (χ1v) is 17.1. The summed E-state index contributed by atoms with van der Waals surface area (Å²) in [5, 5.41) is 13.5. The lowest BCUT2D eigenvalue weighted by molar-refractivity contribution is -0.152. The van der Waals surface area contributed by atoms with E-state index in [1.54, 1.807) is 0 Å². The van der Waals surface area contributed by atoms with Crippen molar-refractivity contribution in [3.63, 3.8) is 0 Å². The lowest BCUT2D eigenvalue weighted by atomic mass is 9.73. The van der Waals surface area contributed by atoms with E-state index in [1.807, 2.05) is 60.4 Å². The highest BCUT2D eigenvalue weighted by atomic mass is 79.9. The maximum Gasteiger partial charge on any atom is 0.306 e. The van der Waals surface area contributed by atoms with Gasteiger partial charge in [-0.15, -0.1) is 0 Å². The number of nitrogens with one attached hydrogen (secondary N) is 1. The molecule has 11 heteroatoms. The van der Waals surface area contributed by atoms with Crippen LogP contribution in [0.1, 0.15) is 69.9 Å². The summed E-state index contributed by atoms with van der Waals surface area (Å²) >= 11 is 3.62. The number of aliphatic hydroxyl groups is 1. The molecular weight excluding hydrogens is 642 g/mol. The van der Waals surface area contributed by atoms with E-state index in [1.165, 1.54) is 4.90 Å². The standard InChI is InChI=1S/C34H42BrN3O7/c1-2-22(19-39)38-30-33(43)37(23-14-8-4-9-15-23)17-11-5-10-16-26(40)44-20-25(21-12-6-3-7-13-21)36-31(41)27-28(32(38)42)34(30)18-24(35)29(27)45-34/h3,5-7,11-13,18,22-23,25,27-30,39H,2,4,8-10,14-17,19-20H2,1H3,(H,36,41)/b11-5-/t22-,25-,27-,28+,29-,30-,34+/m0/s1. The number of ether oxygens (including phenoxy) is 2. The van der Waals surface area contributed by atoms with Crippen molar-refractivity contribution in [3.8, 4) is 0 Å². The Morgan fingerprint density at radius 1 is 1.07 bits per heavy atom. The molecule has 0 radical (unpaired) electrons. The first kappa shape index (κ1) is 31.9. The van der Waals surface area contributed by atoms with Crippen LogP contribution in [0.15, 0.2) is 53.0 Å². The number of fused-ring (bicyclic) bond motifs is 2. The molecule has 4 heterocycles. The third-order valence-corrected chi connectivity index (χ3v) is 10.9. The van der Waals surface area contributed by atoms with Crippen LogP contribution < -0.4 is 5.32 Å². The number of allylic oxidation sites excluding steroid dienone is 1. The number of nitrogens with zero attached hydrogens (tertiary/aromatic N) is 2. The van der Waals surface area contributed by atoms with Gasteiger partial charge in [0.1, 0.15) is 24.4 Å². The number of amides is 3. The molecule has 2 N–H and O–H groups in total. The van der Waals surface area contributed by atoms with E-state index in [9.17, 15) is 24.3 Å². The van der Waals surface area contributed by atoms with Gasteiger partial charge in [-0.1, -0.05) is 84.6 Å². The summed E-state index contributed by atoms with van der Waals surface area (Å²) in [7, 11) is 0. The molecule has 10 nitrogen and oxygen atoms in total. The summed E-state index contributed by atoms with van der Waals surface area (Å²) in [5.74, 6) is -3.30. The first-order valence-electron chi connectivity index (χ1n) is 16.3. The predicted molar refractivity (Wildman–Crippen MR) is 169 cm³/mol. The number of carbonyl (C=O) groups is 4. The molecule has 4 aliphatic heterocycles. The summed E-state index contributed by atoms with van der Waals surface area (Å²) in [6.45, 7) is 1.82. The van der Waals surface area contributed by atoms with Crippen molar-refractivity contribution in [2.45, 2.75) is 94.2 Å². The van der Waals surface area contributed by atoms with Crippen molar-refractivity contribution < 1.29 is 33.8 Å². The third-order valence-electron chi connectivity index (χ3n) is 10.2. The van der Waals surface area contributed by atoms with Crippen LogP contribution in [0.5, 0.6) is 0 Å². The predicted octanol–water partition coefficient (Wildman–Crippen LogP) is 3.54. The number of hydrogen-bond donors (Lipinski definition) is 2. The average molecular weight is 685 g/mol. The number of rotatable bonds is 5. The Hall–Kier alpha value is -3.02. The second kappa shape index (κ2) is 13.4. The minimum absolute atomic E-state index is 0.0127. The Morgan fingerprint density at radius 2 is 1.82 bits per heavy atom. The summed E-state index contributed by atoms with van der Waals surface area (Å²) in [5.41, 5.74) is -0.617. The van der Waals surface area contributed by atoms with Gasteiger partial charge in [-0.3, -0.25) is 19.2 Å². The van der Waals surface area contributed by atoms with Gasteiger partial charge >= 0.3 is 5.97 Å². The van der Waals surface area contributed by atoms with Crippen LogP contribution in [0, 0.1) is 11.8 Å². The number of esters is 1. The lowest BCUT2D eigenvalue weighted by Crippen LogP contribution is -2.60. The van der Waals surface area contributed by atoms with E-state index in [2.05, 4.69) is 21.2 Å². The van der Waals surface area contributed by atoms with Gasteiger partial charge in [-0.25, -0.2) is 0 Å². The molecule has 1 spiro atoms. The van der Waals surface area contributed by atoms with Gasteiger partial charge in [0.15, 0.2) is 0 Å². The molecule has 6 rings (SSSR count). The van der Waals surface area contributed by atoms with Crippen molar-refractivity contribution in [1.29, 1.82) is 0 Å². The molecule has 1 aliphatic carbocycles.